The number of nitrogens with one attached hydrogen (secondary N) is 1. The molecule has 1 saturated heterocycles. The molecule has 20 heteroatoms. The van der Waals surface area contributed by atoms with E-state index >= 15 is 0 Å². The van der Waals surface area contributed by atoms with Gasteiger partial charge in [-0.15, -0.1) is 0 Å². The first-order valence-corrected chi connectivity index (χ1v) is 16.3. The highest BCUT2D eigenvalue weighted by atomic mass is 35.5. The van der Waals surface area contributed by atoms with E-state index in [1.165, 1.54) is 6.92 Å². The summed E-state index contributed by atoms with van der Waals surface area (Å²) in [6.07, 6.45) is -6.45. The molecule has 0 bridgehead atoms. The maximum absolute atomic E-state index is 12.9. The fourth-order valence-corrected chi connectivity index (χ4v) is 5.00. The van der Waals surface area contributed by atoms with Crippen LogP contribution in [0.4, 0.5) is 29.2 Å². The second-order valence-electron chi connectivity index (χ2n) is 11.7. The molecule has 3 aromatic rings. The summed E-state index contributed by atoms with van der Waals surface area (Å²) < 4.78 is 51.8. The lowest BCUT2D eigenvalue weighted by molar-refractivity contribution is -0.686. The van der Waals surface area contributed by atoms with Crippen molar-refractivity contribution in [3.63, 3.8) is 0 Å². The number of anilines is 2. The maximum Gasteiger partial charge on any atom is 0.490 e. The lowest BCUT2D eigenvalue weighted by Gasteiger charge is -2.32. The van der Waals surface area contributed by atoms with Crippen LogP contribution in [0.5, 0.6) is 0 Å². The van der Waals surface area contributed by atoms with Crippen LogP contribution in [0.25, 0.3) is 11.0 Å². The van der Waals surface area contributed by atoms with Gasteiger partial charge < -0.3 is 41.5 Å². The smallest absolute Gasteiger partial charge is 0.490 e. The van der Waals surface area contributed by atoms with E-state index in [0.717, 1.165) is 48.6 Å². The molecule has 0 aliphatic carbocycles. The number of aliphatic hydroxyl groups is 2. The first-order valence-electron chi connectivity index (χ1n) is 15.9. The van der Waals surface area contributed by atoms with Crippen molar-refractivity contribution < 1.29 is 51.5 Å². The molecular formula is C32H45ClF4N9O6+. The van der Waals surface area contributed by atoms with E-state index in [-0.39, 0.29) is 34.9 Å². The highest BCUT2D eigenvalue weighted by molar-refractivity contribution is 6.31. The average molecular weight is 763 g/mol. The number of nitrogen functional groups attached to an aromatic ring is 2. The molecule has 15 nitrogen and oxygen atoms in total. The van der Waals surface area contributed by atoms with Crippen LogP contribution in [0.2, 0.25) is 5.15 Å². The van der Waals surface area contributed by atoms with Crippen LogP contribution in [0.1, 0.15) is 42.6 Å². The number of nitrogens with zero attached hydrogens (tertiary/aromatic N) is 6. The molecule has 7 N–H and O–H groups in total. The van der Waals surface area contributed by atoms with Crippen molar-refractivity contribution in [3.05, 3.63) is 52.8 Å². The number of nitrogens with two attached hydrogens (primary N) is 2. The lowest BCUT2D eigenvalue weighted by Crippen LogP contribution is -2.47. The van der Waals surface area contributed by atoms with Crippen LogP contribution in [0, 0.1) is 0 Å². The number of carbonyl (C=O) groups excluding carboxylic acids is 3. The predicted molar refractivity (Wildman–Crippen MR) is 185 cm³/mol. The number of rotatable bonds is 9. The third kappa shape index (κ3) is 12.2. The number of aliphatic hydroxyl groups excluding tert-OH is 2. The summed E-state index contributed by atoms with van der Waals surface area (Å²) in [5.74, 6) is -2.42. The number of hydrogen-bond acceptors (Lipinski definition) is 11. The minimum atomic E-state index is -4.85. The molecule has 288 valence electrons. The van der Waals surface area contributed by atoms with Crippen molar-refractivity contribution >= 4 is 52.1 Å². The number of aryl methyl sites for hydroxylation is 1. The number of fused-ring (bicyclic) bond motifs is 1. The Balaban J connectivity index is 0.000000565. The van der Waals surface area contributed by atoms with Crippen molar-refractivity contribution in [1.82, 2.24) is 29.7 Å². The Bertz CT molecular complexity index is 1730. The third-order valence-corrected chi connectivity index (χ3v) is 7.90. The number of amides is 2. The standard InChI is InChI=1S/C25H34ClN9O3.C4H7FO.C3H3F3O2/c1-4-34-18-11-16(12-20(37)33-9-7-32(3)8-10-33)5-6-17(18)35(14-15(2)36)19(34)13-29-25(38)21-23(27)31-24(28)22(26)30-21;1-3(5)4(2)6;1-8-2(7)3(4,5)6/h5-6,11,15,36H,4,7-10,12-14H2,1-3H3,(H4-,27,28,29,31,38);3,6H,2H2,1H3;1H3/p+1. The van der Waals surface area contributed by atoms with E-state index in [4.69, 9.17) is 28.2 Å². The zero-order valence-corrected chi connectivity index (χ0v) is 30.3. The summed E-state index contributed by atoms with van der Waals surface area (Å²) >= 11 is 5.94. The predicted octanol–water partition coefficient (Wildman–Crippen LogP) is 2.32. The van der Waals surface area contributed by atoms with Gasteiger partial charge in [0, 0.05) is 26.2 Å². The number of esters is 1. The van der Waals surface area contributed by atoms with Crippen molar-refractivity contribution in [1.29, 1.82) is 0 Å². The maximum atomic E-state index is 12.9. The molecule has 2 atom stereocenters. The van der Waals surface area contributed by atoms with Gasteiger partial charge in [0.25, 0.3) is 11.7 Å². The third-order valence-electron chi connectivity index (χ3n) is 7.62. The van der Waals surface area contributed by atoms with E-state index in [1.807, 2.05) is 34.6 Å². The molecule has 0 spiro atoms. The zero-order chi connectivity index (χ0) is 39.5. The van der Waals surface area contributed by atoms with Crippen LogP contribution in [0.3, 0.4) is 0 Å². The van der Waals surface area contributed by atoms with Crippen molar-refractivity contribution in [2.24, 2.45) is 0 Å². The number of ether oxygens (including phenoxy) is 1. The molecule has 0 radical (unpaired) electrons. The van der Waals surface area contributed by atoms with Crippen LogP contribution in [0.15, 0.2) is 30.5 Å². The normalized spacial score (nSPS) is 14.3. The number of aromatic nitrogens is 4. The molecule has 1 aliphatic heterocycles. The largest absolute Gasteiger partial charge is 0.510 e. The van der Waals surface area contributed by atoms with Gasteiger partial charge >= 0.3 is 12.1 Å². The molecule has 4 rings (SSSR count). The Morgan fingerprint density at radius 2 is 1.73 bits per heavy atom. The number of benzene rings is 1. The highest BCUT2D eigenvalue weighted by Gasteiger charge is 2.40. The number of piperazine rings is 1. The van der Waals surface area contributed by atoms with E-state index in [2.05, 4.69) is 43.1 Å². The van der Waals surface area contributed by atoms with Crippen molar-refractivity contribution in [2.45, 2.75) is 65.3 Å². The molecule has 2 aromatic heterocycles. The summed E-state index contributed by atoms with van der Waals surface area (Å²) in [5, 5.41) is 21.0. The SMILES string of the molecule is C=C(O)C(C)F.CCn1c(CNC(=O)c2nc(Cl)c(N)nc2N)[n+](CC(C)O)c2ccc(CC(=O)N3CCN(C)CC3)cc21.COC(=O)C(F)(F)F. The van der Waals surface area contributed by atoms with Gasteiger partial charge in [-0.3, -0.25) is 9.59 Å². The first-order chi connectivity index (χ1) is 24.2. The number of methoxy groups -OCH3 is 1. The van der Waals surface area contributed by atoms with Crippen molar-refractivity contribution in [2.75, 3.05) is 51.8 Å². The fraction of sp³-hybridized carbons (Fsp3) is 0.500. The molecule has 1 fully saturated rings. The molecule has 3 heterocycles. The number of hydrogen-bond donors (Lipinski definition) is 5. The fourth-order valence-electron chi connectivity index (χ4n) is 4.87. The van der Waals surface area contributed by atoms with Crippen LogP contribution >= 0.6 is 11.6 Å². The number of alkyl halides is 4. The van der Waals surface area contributed by atoms with Gasteiger partial charge in [0.2, 0.25) is 5.91 Å². The van der Waals surface area contributed by atoms with Crippen LogP contribution in [-0.2, 0) is 40.4 Å². The molecular weight excluding hydrogens is 718 g/mol. The quantitative estimate of drug-likeness (QED) is 0.0926. The summed E-state index contributed by atoms with van der Waals surface area (Å²) in [6.45, 7) is 12.1. The molecule has 1 aliphatic rings. The van der Waals surface area contributed by atoms with E-state index in [9.17, 15) is 37.1 Å². The minimum Gasteiger partial charge on any atom is -0.510 e. The van der Waals surface area contributed by atoms with Gasteiger partial charge in [-0.05, 0) is 45.5 Å². The van der Waals surface area contributed by atoms with E-state index in [0.29, 0.717) is 26.6 Å². The Morgan fingerprint density at radius 3 is 2.21 bits per heavy atom. The van der Waals surface area contributed by atoms with Gasteiger partial charge in [-0.2, -0.15) is 13.2 Å². The van der Waals surface area contributed by atoms with E-state index < -0.39 is 36.1 Å². The average Bonchev–Trinajstić information content (AvgIpc) is 3.35. The molecule has 2 unspecified atom stereocenters. The van der Waals surface area contributed by atoms with Gasteiger partial charge in [-0.1, -0.05) is 24.2 Å². The van der Waals surface area contributed by atoms with Crippen LogP contribution in [-0.4, -0.2) is 111 Å². The van der Waals surface area contributed by atoms with Gasteiger partial charge in [0.1, 0.15) is 18.8 Å². The van der Waals surface area contributed by atoms with E-state index in [1.54, 1.807) is 6.92 Å². The number of allylic oxidation sites excluding steroid dienone is 1. The number of carbonyl (C=O) groups is 3. The summed E-state index contributed by atoms with van der Waals surface area (Å²) in [7, 11) is 2.74. The summed E-state index contributed by atoms with van der Waals surface area (Å²) in [5.41, 5.74) is 14.1. The van der Waals surface area contributed by atoms with Gasteiger partial charge in [0.15, 0.2) is 39.7 Å². The Morgan fingerprint density at radius 1 is 1.13 bits per heavy atom. The molecule has 0 saturated carbocycles. The Hall–Kier alpha value is -4.75. The number of imidazole rings is 1. The highest BCUT2D eigenvalue weighted by Crippen LogP contribution is 2.20. The van der Waals surface area contributed by atoms with Gasteiger partial charge in [-0.25, -0.2) is 28.3 Å². The van der Waals surface area contributed by atoms with Gasteiger partial charge in [0.05, 0.1) is 26.2 Å². The Labute approximate surface area is 302 Å². The monoisotopic (exact) mass is 762 g/mol. The zero-order valence-electron chi connectivity index (χ0n) is 29.5. The van der Waals surface area contributed by atoms with Crippen LogP contribution < -0.4 is 21.4 Å². The lowest BCUT2D eigenvalue weighted by atomic mass is 10.1. The number of halogens is 5. The second kappa shape index (κ2) is 19.2. The minimum absolute atomic E-state index is 0.0523. The summed E-state index contributed by atoms with van der Waals surface area (Å²) in [6, 6.07) is 5.93. The summed E-state index contributed by atoms with van der Waals surface area (Å²) in [4.78, 5) is 47.3. The molecule has 2 amide bonds. The molecule has 1 aromatic carbocycles. The Kier molecular flexibility index (Phi) is 16.0. The first kappa shape index (κ1) is 43.4. The topological polar surface area (TPSA) is 206 Å². The van der Waals surface area contributed by atoms with Crippen molar-refractivity contribution in [3.8, 4) is 0 Å². The molecule has 52 heavy (non-hydrogen) atoms. The second-order valence-corrected chi connectivity index (χ2v) is 12.1. The number of likely N-dealkylation sites (N-methyl/N-ethyl adjacent to an activating group) is 1.